The monoisotopic (exact) mass is 325 g/mol. The number of likely N-dealkylation sites (tertiary alicyclic amines) is 1. The van der Waals surface area contributed by atoms with Crippen molar-refractivity contribution in [2.45, 2.75) is 26.8 Å². The van der Waals surface area contributed by atoms with Crippen molar-refractivity contribution in [3.8, 4) is 0 Å². The van der Waals surface area contributed by atoms with Crippen molar-refractivity contribution >= 4 is 18.3 Å². The summed E-state index contributed by atoms with van der Waals surface area (Å²) in [5, 5.41) is 0. The van der Waals surface area contributed by atoms with Crippen LogP contribution in [0.3, 0.4) is 0 Å². The number of amides is 1. The lowest BCUT2D eigenvalue weighted by atomic mass is 9.90. The fourth-order valence-electron chi connectivity index (χ4n) is 2.90. The maximum Gasteiger partial charge on any atom is 0.237 e. The van der Waals surface area contributed by atoms with Crippen LogP contribution < -0.4 is 5.73 Å². The van der Waals surface area contributed by atoms with Gasteiger partial charge >= 0.3 is 0 Å². The normalized spacial score (nSPS) is 21.4. The van der Waals surface area contributed by atoms with Crippen LogP contribution in [0, 0.1) is 5.41 Å². The summed E-state index contributed by atoms with van der Waals surface area (Å²) < 4.78 is 0. The zero-order chi connectivity index (χ0) is 15.3. The third-order valence-electron chi connectivity index (χ3n) is 4.44. The van der Waals surface area contributed by atoms with E-state index in [9.17, 15) is 4.79 Å². The van der Waals surface area contributed by atoms with E-state index in [-0.39, 0.29) is 23.7 Å². The highest BCUT2D eigenvalue weighted by atomic mass is 35.5. The Morgan fingerprint density at radius 3 is 2.59 bits per heavy atom. The van der Waals surface area contributed by atoms with Crippen LogP contribution in [-0.2, 0) is 11.3 Å². The van der Waals surface area contributed by atoms with Crippen LogP contribution in [0.2, 0.25) is 0 Å². The molecule has 1 aliphatic heterocycles. The molecule has 1 amide bonds. The van der Waals surface area contributed by atoms with Gasteiger partial charge in [-0.2, -0.15) is 0 Å². The Kier molecular flexibility index (Phi) is 7.33. The van der Waals surface area contributed by atoms with E-state index in [1.807, 2.05) is 30.0 Å². The highest BCUT2D eigenvalue weighted by Crippen LogP contribution is 2.28. The molecule has 1 atom stereocenters. The summed E-state index contributed by atoms with van der Waals surface area (Å²) in [6.07, 6.45) is 1.08. The van der Waals surface area contributed by atoms with Crippen LogP contribution in [-0.4, -0.2) is 48.4 Å². The molecule has 0 bridgehead atoms. The van der Waals surface area contributed by atoms with Crippen LogP contribution in [0.1, 0.15) is 25.8 Å². The molecule has 1 unspecified atom stereocenters. The Bertz CT molecular complexity index is 468. The van der Waals surface area contributed by atoms with Crippen LogP contribution in [0.25, 0.3) is 0 Å². The van der Waals surface area contributed by atoms with Gasteiger partial charge in [-0.15, -0.1) is 12.4 Å². The molecule has 1 saturated heterocycles. The second-order valence-electron chi connectivity index (χ2n) is 6.37. The van der Waals surface area contributed by atoms with Gasteiger partial charge in [0.25, 0.3) is 0 Å². The molecule has 4 nitrogen and oxygen atoms in total. The first-order chi connectivity index (χ1) is 10.1. The average Bonchev–Trinajstić information content (AvgIpc) is 2.87. The predicted octanol–water partition coefficient (Wildman–Crippen LogP) is 2.13. The van der Waals surface area contributed by atoms with Crippen molar-refractivity contribution in [3.05, 3.63) is 35.9 Å². The lowest BCUT2D eigenvalue weighted by Gasteiger charge is -2.26. The number of rotatable bonds is 6. The molecule has 0 spiro atoms. The molecule has 124 valence electrons. The summed E-state index contributed by atoms with van der Waals surface area (Å²) in [6, 6.07) is 10.2. The summed E-state index contributed by atoms with van der Waals surface area (Å²) in [5.41, 5.74) is 7.19. The van der Waals surface area contributed by atoms with Crippen molar-refractivity contribution in [3.63, 3.8) is 0 Å². The number of halogens is 1. The summed E-state index contributed by atoms with van der Waals surface area (Å²) in [6.45, 7) is 8.79. The van der Waals surface area contributed by atoms with Gasteiger partial charge in [0.05, 0.1) is 6.54 Å². The number of nitrogens with two attached hydrogens (primary N) is 1. The molecule has 2 N–H and O–H groups in total. The van der Waals surface area contributed by atoms with Gasteiger partial charge in [-0.1, -0.05) is 37.3 Å². The fourth-order valence-corrected chi connectivity index (χ4v) is 2.90. The Hall–Kier alpha value is -1.10. The quantitative estimate of drug-likeness (QED) is 0.871. The highest BCUT2D eigenvalue weighted by Gasteiger charge is 2.33. The average molecular weight is 326 g/mol. The molecule has 1 aliphatic rings. The maximum absolute atomic E-state index is 12.5. The molecule has 2 rings (SSSR count). The second-order valence-corrected chi connectivity index (χ2v) is 6.37. The molecule has 0 saturated carbocycles. The van der Waals surface area contributed by atoms with E-state index < -0.39 is 0 Å². The second kappa shape index (κ2) is 8.51. The van der Waals surface area contributed by atoms with Crippen LogP contribution in [0.15, 0.2) is 30.3 Å². The smallest absolute Gasteiger partial charge is 0.237 e. The van der Waals surface area contributed by atoms with E-state index in [0.717, 1.165) is 26.1 Å². The number of carbonyl (C=O) groups is 1. The Balaban J connectivity index is 0.00000242. The first-order valence-electron chi connectivity index (χ1n) is 7.80. The van der Waals surface area contributed by atoms with E-state index in [0.29, 0.717) is 19.6 Å². The van der Waals surface area contributed by atoms with Gasteiger partial charge in [-0.05, 0) is 37.4 Å². The van der Waals surface area contributed by atoms with Gasteiger partial charge in [0.2, 0.25) is 5.91 Å². The number of hydrogen-bond donors (Lipinski definition) is 1. The molecular formula is C17H28ClN3O. The first kappa shape index (κ1) is 18.9. The third kappa shape index (κ3) is 4.97. The van der Waals surface area contributed by atoms with Gasteiger partial charge in [-0.25, -0.2) is 0 Å². The summed E-state index contributed by atoms with van der Waals surface area (Å²) in [4.78, 5) is 16.6. The molecule has 1 aromatic rings. The molecule has 22 heavy (non-hydrogen) atoms. The Morgan fingerprint density at radius 1 is 1.36 bits per heavy atom. The van der Waals surface area contributed by atoms with Crippen molar-refractivity contribution in [1.29, 1.82) is 0 Å². The van der Waals surface area contributed by atoms with Gasteiger partial charge in [0, 0.05) is 19.6 Å². The Morgan fingerprint density at radius 2 is 2.05 bits per heavy atom. The van der Waals surface area contributed by atoms with E-state index in [1.54, 1.807) is 0 Å². The zero-order valence-corrected chi connectivity index (χ0v) is 14.4. The summed E-state index contributed by atoms with van der Waals surface area (Å²) >= 11 is 0. The fraction of sp³-hybridized carbons (Fsp3) is 0.588. The third-order valence-corrected chi connectivity index (χ3v) is 4.44. The van der Waals surface area contributed by atoms with Crippen LogP contribution >= 0.6 is 12.4 Å². The van der Waals surface area contributed by atoms with E-state index in [1.165, 1.54) is 5.56 Å². The van der Waals surface area contributed by atoms with Gasteiger partial charge in [0.1, 0.15) is 0 Å². The van der Waals surface area contributed by atoms with Crippen molar-refractivity contribution in [1.82, 2.24) is 9.80 Å². The standard InChI is InChI=1S/C17H27N3O.ClH/c1-3-20(11-15-7-5-4-6-8-15)16(21)12-19-10-9-17(2,13-18)14-19;/h4-8H,3,9-14,18H2,1-2H3;1H. The molecule has 0 aromatic heterocycles. The molecule has 0 aliphatic carbocycles. The molecule has 5 heteroatoms. The molecular weight excluding hydrogens is 298 g/mol. The van der Waals surface area contributed by atoms with Gasteiger partial charge in [-0.3, -0.25) is 9.69 Å². The highest BCUT2D eigenvalue weighted by molar-refractivity contribution is 5.85. The van der Waals surface area contributed by atoms with E-state index >= 15 is 0 Å². The molecule has 0 radical (unpaired) electrons. The molecule has 1 fully saturated rings. The number of hydrogen-bond acceptors (Lipinski definition) is 3. The summed E-state index contributed by atoms with van der Waals surface area (Å²) in [7, 11) is 0. The van der Waals surface area contributed by atoms with E-state index in [2.05, 4.69) is 24.0 Å². The summed E-state index contributed by atoms with van der Waals surface area (Å²) in [5.74, 6) is 0.211. The number of benzene rings is 1. The Labute approximate surface area is 140 Å². The minimum Gasteiger partial charge on any atom is -0.338 e. The SMILES string of the molecule is CCN(Cc1ccccc1)C(=O)CN1CCC(C)(CN)C1.Cl. The number of likely N-dealkylation sites (N-methyl/N-ethyl adjacent to an activating group) is 1. The topological polar surface area (TPSA) is 49.6 Å². The lowest BCUT2D eigenvalue weighted by molar-refractivity contribution is -0.132. The van der Waals surface area contributed by atoms with Crippen molar-refractivity contribution < 1.29 is 4.79 Å². The largest absolute Gasteiger partial charge is 0.338 e. The van der Waals surface area contributed by atoms with E-state index in [4.69, 9.17) is 5.73 Å². The number of carbonyl (C=O) groups excluding carboxylic acids is 1. The maximum atomic E-state index is 12.5. The van der Waals surface area contributed by atoms with Gasteiger partial charge < -0.3 is 10.6 Å². The van der Waals surface area contributed by atoms with Gasteiger partial charge in [0.15, 0.2) is 0 Å². The van der Waals surface area contributed by atoms with Crippen LogP contribution in [0.5, 0.6) is 0 Å². The van der Waals surface area contributed by atoms with Crippen molar-refractivity contribution in [2.75, 3.05) is 32.7 Å². The predicted molar refractivity (Wildman–Crippen MR) is 93.0 cm³/mol. The zero-order valence-electron chi connectivity index (χ0n) is 13.6. The van der Waals surface area contributed by atoms with Crippen LogP contribution in [0.4, 0.5) is 0 Å². The lowest BCUT2D eigenvalue weighted by Crippen LogP contribution is -2.40. The minimum atomic E-state index is 0. The molecule has 1 aromatic carbocycles. The molecule has 1 heterocycles. The minimum absolute atomic E-state index is 0. The first-order valence-corrected chi connectivity index (χ1v) is 7.80. The number of nitrogens with zero attached hydrogens (tertiary/aromatic N) is 2. The van der Waals surface area contributed by atoms with Crippen molar-refractivity contribution in [2.24, 2.45) is 11.1 Å².